The van der Waals surface area contributed by atoms with Gasteiger partial charge in [0.15, 0.2) is 0 Å². The molecular formula is C21H16ClPS. The summed E-state index contributed by atoms with van der Waals surface area (Å²) in [5.41, 5.74) is 1.27. The minimum atomic E-state index is -0.608. The van der Waals surface area contributed by atoms with Crippen LogP contribution in [0.5, 0.6) is 0 Å². The third-order valence-corrected chi connectivity index (χ3v) is 7.80. The van der Waals surface area contributed by atoms with Crippen molar-refractivity contribution < 1.29 is 0 Å². The number of hydrogen-bond donors (Lipinski definition) is 0. The van der Waals surface area contributed by atoms with E-state index < -0.39 is 7.92 Å². The van der Waals surface area contributed by atoms with Gasteiger partial charge in [0.2, 0.25) is 0 Å². The van der Waals surface area contributed by atoms with Gasteiger partial charge in [-0.25, -0.2) is 0 Å². The molecule has 1 heterocycles. The topological polar surface area (TPSA) is 0 Å². The van der Waals surface area contributed by atoms with Crippen molar-refractivity contribution in [1.82, 2.24) is 0 Å². The van der Waals surface area contributed by atoms with Gasteiger partial charge in [-0.05, 0) is 40.9 Å². The average molecular weight is 367 g/mol. The van der Waals surface area contributed by atoms with Gasteiger partial charge in [0.1, 0.15) is 0 Å². The zero-order valence-corrected chi connectivity index (χ0v) is 15.4. The van der Waals surface area contributed by atoms with E-state index in [1.807, 2.05) is 0 Å². The molecule has 0 nitrogen and oxygen atoms in total. The van der Waals surface area contributed by atoms with Gasteiger partial charge in [0, 0.05) is 4.88 Å². The minimum absolute atomic E-state index is 0.0453. The molecule has 24 heavy (non-hydrogen) atoms. The molecule has 0 aliphatic heterocycles. The first-order valence-electron chi connectivity index (χ1n) is 7.85. The smallest absolute Gasteiger partial charge is 0.0789 e. The molecule has 1 aliphatic rings. The van der Waals surface area contributed by atoms with Crippen LogP contribution in [-0.2, 0) is 0 Å². The van der Waals surface area contributed by atoms with Crippen LogP contribution in [-0.4, -0.2) is 5.38 Å². The molecule has 0 bridgehead atoms. The monoisotopic (exact) mass is 366 g/mol. The molecule has 1 unspecified atom stereocenters. The summed E-state index contributed by atoms with van der Waals surface area (Å²) < 4.78 is 0. The molecule has 0 amide bonds. The van der Waals surface area contributed by atoms with Crippen LogP contribution >= 0.6 is 30.9 Å². The molecule has 0 fully saturated rings. The highest BCUT2D eigenvalue weighted by atomic mass is 35.5. The van der Waals surface area contributed by atoms with Crippen molar-refractivity contribution in [2.45, 2.75) is 5.38 Å². The molecule has 0 spiro atoms. The third kappa shape index (κ3) is 3.00. The van der Waals surface area contributed by atoms with E-state index in [0.29, 0.717) is 0 Å². The van der Waals surface area contributed by atoms with E-state index in [1.54, 1.807) is 11.3 Å². The molecule has 0 saturated carbocycles. The molecule has 0 N–H and O–H groups in total. The predicted molar refractivity (Wildman–Crippen MR) is 109 cm³/mol. The first-order valence-corrected chi connectivity index (χ1v) is 10.5. The Labute approximate surface area is 152 Å². The molecule has 0 saturated heterocycles. The molecule has 1 atom stereocenters. The fraction of sp³-hybridized carbons (Fsp3) is 0.0476. The Hall–Kier alpha value is -1.66. The number of alkyl halides is 1. The van der Waals surface area contributed by atoms with Gasteiger partial charge >= 0.3 is 0 Å². The summed E-state index contributed by atoms with van der Waals surface area (Å²) in [6, 6.07) is 25.8. The van der Waals surface area contributed by atoms with Crippen molar-refractivity contribution in [3.8, 4) is 0 Å². The van der Waals surface area contributed by atoms with E-state index in [9.17, 15) is 0 Å². The van der Waals surface area contributed by atoms with Crippen molar-refractivity contribution >= 4 is 47.0 Å². The van der Waals surface area contributed by atoms with E-state index in [2.05, 4.69) is 90.3 Å². The van der Waals surface area contributed by atoms with Crippen molar-refractivity contribution in [2.75, 3.05) is 0 Å². The number of thiophene rings is 1. The lowest BCUT2D eigenvalue weighted by Crippen LogP contribution is -2.13. The third-order valence-electron chi connectivity index (χ3n) is 4.03. The number of benzene rings is 2. The van der Waals surface area contributed by atoms with Crippen LogP contribution in [0.2, 0.25) is 0 Å². The average Bonchev–Trinajstić information content (AvgIpc) is 3.27. The predicted octanol–water partition coefficient (Wildman–Crippen LogP) is 5.77. The van der Waals surface area contributed by atoms with Crippen LogP contribution in [0.4, 0.5) is 0 Å². The second kappa shape index (κ2) is 7.07. The summed E-state index contributed by atoms with van der Waals surface area (Å²) in [5, 5.41) is 6.16. The van der Waals surface area contributed by atoms with Crippen LogP contribution in [0.15, 0.2) is 95.6 Å². The summed E-state index contributed by atoms with van der Waals surface area (Å²) in [6.45, 7) is 0. The van der Waals surface area contributed by atoms with Crippen LogP contribution in [0.1, 0.15) is 4.88 Å². The molecule has 0 radical (unpaired) electrons. The molecule has 2 aromatic carbocycles. The molecule has 3 aromatic rings. The van der Waals surface area contributed by atoms with Gasteiger partial charge < -0.3 is 0 Å². The Balaban J connectivity index is 1.92. The summed E-state index contributed by atoms with van der Waals surface area (Å²) in [6.07, 6.45) is 4.35. The van der Waals surface area contributed by atoms with E-state index in [1.165, 1.54) is 26.4 Å². The van der Waals surface area contributed by atoms with E-state index >= 15 is 0 Å². The van der Waals surface area contributed by atoms with E-state index in [4.69, 9.17) is 11.6 Å². The van der Waals surface area contributed by atoms with Gasteiger partial charge in [0.05, 0.1) is 5.38 Å². The molecule has 118 valence electrons. The second-order valence-corrected chi connectivity index (χ2v) is 9.15. The largest absolute Gasteiger partial charge is 0.144 e. The first kappa shape index (κ1) is 15.8. The summed E-state index contributed by atoms with van der Waals surface area (Å²) in [5.74, 6) is 0. The normalized spacial score (nSPS) is 17.0. The highest BCUT2D eigenvalue weighted by Crippen LogP contribution is 2.52. The SMILES string of the molecule is ClC1C=CC(P(c2ccccc2)c2ccccc2)=C1c1cccs1. The lowest BCUT2D eigenvalue weighted by Gasteiger charge is -2.21. The van der Waals surface area contributed by atoms with Crippen LogP contribution in [0.25, 0.3) is 5.57 Å². The molecule has 1 aliphatic carbocycles. The standard InChI is InChI=1S/C21H16ClPS/c22-18-13-14-19(21(18)20-12-7-15-24-20)23(16-8-3-1-4-9-16)17-10-5-2-6-11-17/h1-15,18H. The van der Waals surface area contributed by atoms with Gasteiger partial charge in [-0.15, -0.1) is 22.9 Å². The highest BCUT2D eigenvalue weighted by molar-refractivity contribution is 7.77. The highest BCUT2D eigenvalue weighted by Gasteiger charge is 2.28. The number of allylic oxidation sites excluding steroid dienone is 4. The number of rotatable bonds is 4. The minimum Gasteiger partial charge on any atom is -0.144 e. The first-order chi connectivity index (χ1) is 11.8. The van der Waals surface area contributed by atoms with Crippen molar-refractivity contribution in [3.05, 3.63) is 101 Å². The van der Waals surface area contributed by atoms with E-state index in [0.717, 1.165) is 0 Å². The summed E-state index contributed by atoms with van der Waals surface area (Å²) in [4.78, 5) is 1.27. The summed E-state index contributed by atoms with van der Waals surface area (Å²) in [7, 11) is -0.608. The summed E-state index contributed by atoms with van der Waals surface area (Å²) >= 11 is 8.42. The number of halogens is 1. The Morgan fingerprint density at radius 3 is 1.96 bits per heavy atom. The van der Waals surface area contributed by atoms with Gasteiger partial charge in [0.25, 0.3) is 0 Å². The maximum absolute atomic E-state index is 6.66. The van der Waals surface area contributed by atoms with Crippen molar-refractivity contribution in [1.29, 1.82) is 0 Å². The van der Waals surface area contributed by atoms with Crippen molar-refractivity contribution in [2.24, 2.45) is 0 Å². The van der Waals surface area contributed by atoms with Gasteiger partial charge in [-0.3, -0.25) is 0 Å². The Morgan fingerprint density at radius 1 is 0.792 bits per heavy atom. The molecule has 1 aromatic heterocycles. The fourth-order valence-electron chi connectivity index (χ4n) is 2.97. The Morgan fingerprint density at radius 2 is 1.42 bits per heavy atom. The van der Waals surface area contributed by atoms with Crippen LogP contribution in [0.3, 0.4) is 0 Å². The maximum Gasteiger partial charge on any atom is 0.0789 e. The Kier molecular flexibility index (Phi) is 4.67. The van der Waals surface area contributed by atoms with Gasteiger partial charge in [-0.2, -0.15) is 0 Å². The lowest BCUT2D eigenvalue weighted by atomic mass is 10.2. The van der Waals surface area contributed by atoms with Crippen molar-refractivity contribution in [3.63, 3.8) is 0 Å². The fourth-order valence-corrected chi connectivity index (χ4v) is 6.85. The molecule has 4 rings (SSSR count). The zero-order chi connectivity index (χ0) is 16.4. The zero-order valence-electron chi connectivity index (χ0n) is 13.0. The van der Waals surface area contributed by atoms with Crippen LogP contribution in [0, 0.1) is 0 Å². The molecule has 3 heteroatoms. The quantitative estimate of drug-likeness (QED) is 0.406. The molecular weight excluding hydrogens is 351 g/mol. The Bertz CT molecular complexity index is 827. The van der Waals surface area contributed by atoms with Gasteiger partial charge in [-0.1, -0.05) is 78.9 Å². The second-order valence-electron chi connectivity index (χ2n) is 5.54. The van der Waals surface area contributed by atoms with Crippen LogP contribution < -0.4 is 10.6 Å². The van der Waals surface area contributed by atoms with E-state index in [-0.39, 0.29) is 5.38 Å². The maximum atomic E-state index is 6.66. The number of hydrogen-bond acceptors (Lipinski definition) is 1. The lowest BCUT2D eigenvalue weighted by molar-refractivity contribution is 1.47.